The zero-order valence-corrected chi connectivity index (χ0v) is 10.2. The first-order valence-electron chi connectivity index (χ1n) is 6.50. The summed E-state index contributed by atoms with van der Waals surface area (Å²) in [5.41, 5.74) is 0. The minimum atomic E-state index is -4.08. The van der Waals surface area contributed by atoms with Gasteiger partial charge in [-0.1, -0.05) is 0 Å². The quantitative estimate of drug-likeness (QED) is 0.746. The van der Waals surface area contributed by atoms with Crippen molar-refractivity contribution < 1.29 is 13.2 Å². The van der Waals surface area contributed by atoms with Crippen LogP contribution in [0.3, 0.4) is 0 Å². The van der Waals surface area contributed by atoms with Crippen molar-refractivity contribution in [1.82, 2.24) is 10.6 Å². The van der Waals surface area contributed by atoms with E-state index in [9.17, 15) is 13.2 Å². The fourth-order valence-electron chi connectivity index (χ4n) is 2.98. The average Bonchev–Trinajstić information content (AvgIpc) is 2.29. The van der Waals surface area contributed by atoms with E-state index in [1.54, 1.807) is 0 Å². The Balaban J connectivity index is 1.79. The molecule has 2 N–H and O–H groups in total. The molecule has 0 saturated carbocycles. The summed E-state index contributed by atoms with van der Waals surface area (Å²) in [5, 5.41) is 6.09. The van der Waals surface area contributed by atoms with Crippen LogP contribution < -0.4 is 10.6 Å². The van der Waals surface area contributed by atoms with Crippen molar-refractivity contribution in [3.63, 3.8) is 0 Å². The van der Waals surface area contributed by atoms with E-state index >= 15 is 0 Å². The minimum Gasteiger partial charge on any atom is -0.314 e. The third-order valence-corrected chi connectivity index (χ3v) is 4.21. The summed E-state index contributed by atoms with van der Waals surface area (Å²) < 4.78 is 37.5. The largest absolute Gasteiger partial charge is 0.403 e. The topological polar surface area (TPSA) is 24.1 Å². The van der Waals surface area contributed by atoms with Crippen molar-refractivity contribution in [3.05, 3.63) is 0 Å². The van der Waals surface area contributed by atoms with Crippen LogP contribution in [0.4, 0.5) is 13.2 Å². The Morgan fingerprint density at radius 1 is 0.882 bits per heavy atom. The Kier molecular flexibility index (Phi) is 3.98. The second-order valence-corrected chi connectivity index (χ2v) is 5.49. The van der Waals surface area contributed by atoms with Gasteiger partial charge in [0.1, 0.15) is 6.04 Å². The van der Waals surface area contributed by atoms with Gasteiger partial charge in [0, 0.05) is 6.04 Å². The van der Waals surface area contributed by atoms with Gasteiger partial charge >= 0.3 is 6.18 Å². The molecule has 4 atom stereocenters. The first-order chi connectivity index (χ1) is 7.97. The number of alkyl halides is 3. The van der Waals surface area contributed by atoms with Crippen LogP contribution in [0.5, 0.6) is 0 Å². The van der Waals surface area contributed by atoms with Gasteiger partial charge in [-0.3, -0.25) is 0 Å². The summed E-state index contributed by atoms with van der Waals surface area (Å²) in [5.74, 6) is 0.960. The van der Waals surface area contributed by atoms with Crippen LogP contribution in [0.15, 0.2) is 0 Å². The highest BCUT2D eigenvalue weighted by Gasteiger charge is 2.42. The lowest BCUT2D eigenvalue weighted by Crippen LogP contribution is -2.51. The molecular weight excluding hydrogens is 229 g/mol. The maximum absolute atomic E-state index is 12.5. The molecule has 2 fully saturated rings. The first kappa shape index (κ1) is 13.1. The number of piperidine rings is 2. The molecule has 4 unspecified atom stereocenters. The first-order valence-corrected chi connectivity index (χ1v) is 6.50. The summed E-state index contributed by atoms with van der Waals surface area (Å²) in [7, 11) is 0. The summed E-state index contributed by atoms with van der Waals surface area (Å²) in [6, 6.07) is -0.722. The third-order valence-electron chi connectivity index (χ3n) is 4.21. The molecule has 2 saturated heterocycles. The highest BCUT2D eigenvalue weighted by Crippen LogP contribution is 2.32. The molecule has 0 radical (unpaired) electrons. The lowest BCUT2D eigenvalue weighted by molar-refractivity contribution is -0.163. The van der Waals surface area contributed by atoms with E-state index in [4.69, 9.17) is 0 Å². The van der Waals surface area contributed by atoms with Crippen molar-refractivity contribution in [2.45, 2.75) is 50.9 Å². The maximum Gasteiger partial charge on any atom is 0.403 e. The van der Waals surface area contributed by atoms with Crippen LogP contribution in [0, 0.1) is 11.8 Å². The average molecular weight is 250 g/mol. The van der Waals surface area contributed by atoms with Crippen LogP contribution >= 0.6 is 0 Å². The van der Waals surface area contributed by atoms with E-state index in [1.165, 1.54) is 0 Å². The van der Waals surface area contributed by atoms with Crippen LogP contribution in [0.1, 0.15) is 32.6 Å². The Labute approximate surface area is 100 Å². The molecule has 2 aliphatic heterocycles. The maximum atomic E-state index is 12.5. The molecule has 5 heteroatoms. The smallest absolute Gasteiger partial charge is 0.314 e. The highest BCUT2D eigenvalue weighted by molar-refractivity contribution is 4.88. The molecule has 2 nitrogen and oxygen atoms in total. The standard InChI is InChI=1S/C12H21F3N2/c1-8-2-3-9(6-16-8)10-4-5-11(17-7-10)12(13,14)15/h8-11,16-17H,2-7H2,1H3. The SMILES string of the molecule is CC1CCC(C2CCC(C(F)(F)F)NC2)CN1. The molecule has 2 heterocycles. The third kappa shape index (κ3) is 3.35. The molecule has 0 aromatic rings. The molecule has 0 spiro atoms. The highest BCUT2D eigenvalue weighted by atomic mass is 19.4. The zero-order chi connectivity index (χ0) is 12.5. The van der Waals surface area contributed by atoms with Gasteiger partial charge in [0.25, 0.3) is 0 Å². The van der Waals surface area contributed by atoms with E-state index in [-0.39, 0.29) is 6.42 Å². The van der Waals surface area contributed by atoms with Gasteiger partial charge in [0.05, 0.1) is 0 Å². The molecule has 0 aliphatic carbocycles. The van der Waals surface area contributed by atoms with E-state index < -0.39 is 12.2 Å². The summed E-state index contributed by atoms with van der Waals surface area (Å²) >= 11 is 0. The lowest BCUT2D eigenvalue weighted by Gasteiger charge is -2.38. The molecule has 100 valence electrons. The van der Waals surface area contributed by atoms with Gasteiger partial charge in [0.15, 0.2) is 0 Å². The van der Waals surface area contributed by atoms with Crippen molar-refractivity contribution >= 4 is 0 Å². The lowest BCUT2D eigenvalue weighted by atomic mass is 9.79. The fourth-order valence-corrected chi connectivity index (χ4v) is 2.98. The minimum absolute atomic E-state index is 0.236. The Morgan fingerprint density at radius 3 is 1.88 bits per heavy atom. The normalized spacial score (nSPS) is 40.2. The molecule has 0 aromatic carbocycles. The number of nitrogens with one attached hydrogen (secondary N) is 2. The predicted molar refractivity (Wildman–Crippen MR) is 60.8 cm³/mol. The van der Waals surface area contributed by atoms with Crippen molar-refractivity contribution in [2.24, 2.45) is 11.8 Å². The van der Waals surface area contributed by atoms with Gasteiger partial charge < -0.3 is 10.6 Å². The van der Waals surface area contributed by atoms with Gasteiger partial charge in [0.2, 0.25) is 0 Å². The van der Waals surface area contributed by atoms with Crippen molar-refractivity contribution in [3.8, 4) is 0 Å². The van der Waals surface area contributed by atoms with Gasteiger partial charge in [-0.25, -0.2) is 0 Å². The molecule has 0 bridgehead atoms. The zero-order valence-electron chi connectivity index (χ0n) is 10.2. The van der Waals surface area contributed by atoms with Gasteiger partial charge in [-0.05, 0) is 57.5 Å². The number of hydrogen-bond acceptors (Lipinski definition) is 2. The van der Waals surface area contributed by atoms with E-state index in [1.807, 2.05) is 0 Å². The van der Waals surface area contributed by atoms with E-state index in [0.29, 0.717) is 30.8 Å². The molecule has 17 heavy (non-hydrogen) atoms. The predicted octanol–water partition coefficient (Wildman–Crippen LogP) is 2.30. The molecule has 0 amide bonds. The fraction of sp³-hybridized carbons (Fsp3) is 1.00. The van der Waals surface area contributed by atoms with E-state index in [0.717, 1.165) is 19.4 Å². The summed E-state index contributed by atoms with van der Waals surface area (Å²) in [4.78, 5) is 0. The van der Waals surface area contributed by atoms with Gasteiger partial charge in [-0.2, -0.15) is 13.2 Å². The van der Waals surface area contributed by atoms with Crippen molar-refractivity contribution in [2.75, 3.05) is 13.1 Å². The monoisotopic (exact) mass is 250 g/mol. The van der Waals surface area contributed by atoms with Crippen LogP contribution in [-0.2, 0) is 0 Å². The molecular formula is C12H21F3N2. The second-order valence-electron chi connectivity index (χ2n) is 5.49. The Bertz CT molecular complexity index is 239. The molecule has 2 rings (SSSR count). The number of hydrogen-bond donors (Lipinski definition) is 2. The second kappa shape index (κ2) is 5.14. The summed E-state index contributed by atoms with van der Waals surface area (Å²) in [6.07, 6.45) is -0.844. The van der Waals surface area contributed by atoms with Crippen LogP contribution in [0.25, 0.3) is 0 Å². The van der Waals surface area contributed by atoms with Crippen LogP contribution in [0.2, 0.25) is 0 Å². The summed E-state index contributed by atoms with van der Waals surface area (Å²) in [6.45, 7) is 3.64. The van der Waals surface area contributed by atoms with Crippen LogP contribution in [-0.4, -0.2) is 31.3 Å². The van der Waals surface area contributed by atoms with E-state index in [2.05, 4.69) is 17.6 Å². The van der Waals surface area contributed by atoms with Crippen molar-refractivity contribution in [1.29, 1.82) is 0 Å². The Morgan fingerprint density at radius 2 is 1.47 bits per heavy atom. The molecule has 0 aromatic heterocycles. The number of rotatable bonds is 1. The van der Waals surface area contributed by atoms with Gasteiger partial charge in [-0.15, -0.1) is 0 Å². The number of halogens is 3. The Hall–Kier alpha value is -0.290. The molecule has 2 aliphatic rings.